The highest BCUT2D eigenvalue weighted by molar-refractivity contribution is 7.92. The van der Waals surface area contributed by atoms with Gasteiger partial charge >= 0.3 is 0 Å². The molecular formula is C30H28ClN5O4S. The lowest BCUT2D eigenvalue weighted by atomic mass is 10.1. The number of aliphatic hydroxyl groups excluding tert-OH is 1. The van der Waals surface area contributed by atoms with Crippen LogP contribution in [0.3, 0.4) is 0 Å². The molecule has 0 bridgehead atoms. The normalized spacial score (nSPS) is 12.2. The lowest BCUT2D eigenvalue weighted by molar-refractivity contribution is 0.174. The van der Waals surface area contributed by atoms with Crippen LogP contribution in [0.2, 0.25) is 5.02 Å². The van der Waals surface area contributed by atoms with Crippen LogP contribution >= 0.6 is 11.6 Å². The van der Waals surface area contributed by atoms with Crippen LogP contribution in [-0.2, 0) is 22.9 Å². The first-order chi connectivity index (χ1) is 19.9. The smallest absolute Gasteiger partial charge is 0.261 e. The molecule has 9 nitrogen and oxygen atoms in total. The number of aliphatic hydroxyl groups is 1. The molecule has 5 aromatic rings. The summed E-state index contributed by atoms with van der Waals surface area (Å²) in [4.78, 5) is 8.55. The summed E-state index contributed by atoms with van der Waals surface area (Å²) in [7, 11) is -3.79. The van der Waals surface area contributed by atoms with E-state index >= 15 is 0 Å². The summed E-state index contributed by atoms with van der Waals surface area (Å²) >= 11 is 5.93. The maximum Gasteiger partial charge on any atom is 0.261 e. The summed E-state index contributed by atoms with van der Waals surface area (Å²) in [6.45, 7) is 1.08. The van der Waals surface area contributed by atoms with E-state index in [1.807, 2.05) is 30.3 Å². The zero-order valence-electron chi connectivity index (χ0n) is 21.9. The van der Waals surface area contributed by atoms with Crippen LogP contribution in [0.1, 0.15) is 28.7 Å². The number of anilines is 1. The summed E-state index contributed by atoms with van der Waals surface area (Å²) in [6.07, 6.45) is 3.88. The molecule has 2 heterocycles. The van der Waals surface area contributed by atoms with E-state index in [2.05, 4.69) is 25.2 Å². The summed E-state index contributed by atoms with van der Waals surface area (Å²) in [6, 6.07) is 24.5. The van der Waals surface area contributed by atoms with Gasteiger partial charge < -0.3 is 14.9 Å². The van der Waals surface area contributed by atoms with Gasteiger partial charge in [0.1, 0.15) is 0 Å². The number of sulfonamides is 1. The quantitative estimate of drug-likeness (QED) is 0.173. The number of nitrogens with zero attached hydrogens (tertiary/aromatic N) is 3. The number of benzene rings is 3. The molecule has 0 saturated carbocycles. The van der Waals surface area contributed by atoms with E-state index in [-0.39, 0.29) is 4.90 Å². The topological polar surface area (TPSA) is 130 Å². The van der Waals surface area contributed by atoms with Crippen molar-refractivity contribution in [3.63, 3.8) is 0 Å². The molecule has 11 heteroatoms. The van der Waals surface area contributed by atoms with E-state index < -0.39 is 16.1 Å². The van der Waals surface area contributed by atoms with Gasteiger partial charge in [0.25, 0.3) is 10.0 Å². The lowest BCUT2D eigenvalue weighted by Crippen LogP contribution is -2.23. The highest BCUT2D eigenvalue weighted by Gasteiger charge is 2.16. The second-order valence-corrected chi connectivity index (χ2v) is 11.5. The second kappa shape index (κ2) is 13.0. The summed E-state index contributed by atoms with van der Waals surface area (Å²) in [5.74, 6) is 0.824. The van der Waals surface area contributed by atoms with Crippen LogP contribution in [0.4, 0.5) is 5.69 Å². The first-order valence-corrected chi connectivity index (χ1v) is 14.8. The Morgan fingerprint density at radius 3 is 2.37 bits per heavy atom. The van der Waals surface area contributed by atoms with Gasteiger partial charge in [-0.1, -0.05) is 47.1 Å². The molecule has 0 aliphatic rings. The molecule has 0 aliphatic carbocycles. The van der Waals surface area contributed by atoms with E-state index in [9.17, 15) is 13.5 Å². The highest BCUT2D eigenvalue weighted by Crippen LogP contribution is 2.22. The Morgan fingerprint density at radius 1 is 0.927 bits per heavy atom. The van der Waals surface area contributed by atoms with E-state index in [0.717, 1.165) is 23.1 Å². The summed E-state index contributed by atoms with van der Waals surface area (Å²) in [5, 5.41) is 18.1. The first kappa shape index (κ1) is 28.4. The van der Waals surface area contributed by atoms with E-state index in [4.69, 9.17) is 16.1 Å². The second-order valence-electron chi connectivity index (χ2n) is 9.40. The molecule has 41 heavy (non-hydrogen) atoms. The fourth-order valence-electron chi connectivity index (χ4n) is 4.12. The molecular weight excluding hydrogens is 562 g/mol. The van der Waals surface area contributed by atoms with Crippen molar-refractivity contribution in [1.82, 2.24) is 20.4 Å². The van der Waals surface area contributed by atoms with E-state index in [1.165, 1.54) is 12.1 Å². The van der Waals surface area contributed by atoms with Crippen LogP contribution in [0, 0.1) is 0 Å². The van der Waals surface area contributed by atoms with Gasteiger partial charge in [-0.2, -0.15) is 4.98 Å². The molecule has 3 aromatic carbocycles. The Balaban J connectivity index is 1.12. The molecule has 0 radical (unpaired) electrons. The molecule has 3 N–H and O–H groups in total. The predicted octanol–water partition coefficient (Wildman–Crippen LogP) is 5.04. The third kappa shape index (κ3) is 7.77. The van der Waals surface area contributed by atoms with Gasteiger partial charge in [0.2, 0.25) is 11.7 Å². The number of rotatable bonds is 12. The van der Waals surface area contributed by atoms with Gasteiger partial charge in [0.15, 0.2) is 0 Å². The zero-order valence-corrected chi connectivity index (χ0v) is 23.5. The number of nitrogens with one attached hydrogen (secondary N) is 2. The van der Waals surface area contributed by atoms with Crippen molar-refractivity contribution in [2.75, 3.05) is 17.8 Å². The van der Waals surface area contributed by atoms with Gasteiger partial charge in [0.05, 0.1) is 17.4 Å². The molecule has 0 saturated heterocycles. The number of aromatic nitrogens is 3. The largest absolute Gasteiger partial charge is 0.387 e. The van der Waals surface area contributed by atoms with Gasteiger partial charge in [-0.15, -0.1) is 0 Å². The third-order valence-electron chi connectivity index (χ3n) is 6.36. The minimum atomic E-state index is -3.79. The van der Waals surface area contributed by atoms with E-state index in [1.54, 1.807) is 54.9 Å². The van der Waals surface area contributed by atoms with Gasteiger partial charge in [0, 0.05) is 40.8 Å². The Morgan fingerprint density at radius 2 is 1.66 bits per heavy atom. The van der Waals surface area contributed by atoms with Crippen LogP contribution in [0.25, 0.3) is 11.4 Å². The summed E-state index contributed by atoms with van der Waals surface area (Å²) in [5.41, 5.74) is 3.89. The van der Waals surface area contributed by atoms with Crippen molar-refractivity contribution in [1.29, 1.82) is 0 Å². The highest BCUT2D eigenvalue weighted by atomic mass is 35.5. The number of hydrogen-bond donors (Lipinski definition) is 3. The Bertz CT molecular complexity index is 1660. The molecule has 0 fully saturated rings. The molecule has 1 atom stereocenters. The van der Waals surface area contributed by atoms with Crippen molar-refractivity contribution in [2.24, 2.45) is 0 Å². The average Bonchev–Trinajstić information content (AvgIpc) is 3.46. The maximum absolute atomic E-state index is 12.9. The van der Waals surface area contributed by atoms with Crippen molar-refractivity contribution >= 4 is 27.3 Å². The van der Waals surface area contributed by atoms with Crippen molar-refractivity contribution < 1.29 is 18.0 Å². The van der Waals surface area contributed by atoms with Crippen LogP contribution in [0.5, 0.6) is 0 Å². The molecule has 0 spiro atoms. The minimum Gasteiger partial charge on any atom is -0.387 e. The van der Waals surface area contributed by atoms with Gasteiger partial charge in [-0.25, -0.2) is 8.42 Å². The number of hydrogen-bond acceptors (Lipinski definition) is 8. The Kier molecular flexibility index (Phi) is 9.05. The summed E-state index contributed by atoms with van der Waals surface area (Å²) < 4.78 is 33.9. The number of halogens is 1. The standard InChI is InChI=1S/C30H28ClN5O4S/c31-25-9-3-22(4-10-25)18-29-34-30(35-40-29)23-7-13-27(14-8-23)41(38,39)36-26-11-5-21(6-12-26)15-17-33-20-28(37)24-2-1-16-32-19-24/h1-14,16,19,28,33,36-37H,15,17-18,20H2. The lowest BCUT2D eigenvalue weighted by Gasteiger charge is -2.12. The minimum absolute atomic E-state index is 0.117. The van der Waals surface area contributed by atoms with E-state index in [0.29, 0.717) is 47.5 Å². The van der Waals surface area contributed by atoms with Gasteiger partial charge in [-0.3, -0.25) is 9.71 Å². The first-order valence-electron chi connectivity index (χ1n) is 12.9. The molecule has 210 valence electrons. The van der Waals surface area contributed by atoms with Gasteiger partial charge in [-0.05, 0) is 78.7 Å². The fraction of sp³-hybridized carbons (Fsp3) is 0.167. The zero-order chi connectivity index (χ0) is 28.7. The Hall–Kier alpha value is -4.09. The Labute approximate surface area is 243 Å². The fourth-order valence-corrected chi connectivity index (χ4v) is 5.30. The molecule has 1 unspecified atom stereocenters. The molecule has 2 aromatic heterocycles. The molecule has 5 rings (SSSR count). The van der Waals surface area contributed by atoms with Crippen LogP contribution in [-0.4, -0.2) is 41.7 Å². The predicted molar refractivity (Wildman–Crippen MR) is 157 cm³/mol. The SMILES string of the molecule is O=S(=O)(Nc1ccc(CCNCC(O)c2cccnc2)cc1)c1ccc(-c2noc(Cc3ccc(Cl)cc3)n2)cc1. The average molecular weight is 590 g/mol. The molecule has 0 aliphatic heterocycles. The van der Waals surface area contributed by atoms with Crippen LogP contribution in [0.15, 0.2) is 107 Å². The van der Waals surface area contributed by atoms with Crippen molar-refractivity contribution in [3.8, 4) is 11.4 Å². The van der Waals surface area contributed by atoms with Crippen molar-refractivity contribution in [2.45, 2.75) is 23.8 Å². The van der Waals surface area contributed by atoms with Crippen molar-refractivity contribution in [3.05, 3.63) is 125 Å². The monoisotopic (exact) mass is 589 g/mol. The number of pyridine rings is 1. The third-order valence-corrected chi connectivity index (χ3v) is 8.01. The van der Waals surface area contributed by atoms with Crippen LogP contribution < -0.4 is 10.0 Å². The molecule has 0 amide bonds. The maximum atomic E-state index is 12.9.